The quantitative estimate of drug-likeness (QED) is 0.845. The van der Waals surface area contributed by atoms with E-state index in [1.165, 1.54) is 6.07 Å². The van der Waals surface area contributed by atoms with E-state index in [0.29, 0.717) is 31.5 Å². The lowest BCUT2D eigenvalue weighted by Crippen LogP contribution is -2.50. The third-order valence-corrected chi connectivity index (χ3v) is 5.25. The second kappa shape index (κ2) is 9.00. The first-order chi connectivity index (χ1) is 13.1. The van der Waals surface area contributed by atoms with Crippen molar-refractivity contribution >= 4 is 5.91 Å². The summed E-state index contributed by atoms with van der Waals surface area (Å²) in [6.45, 7) is 4.07. The zero-order chi connectivity index (χ0) is 19.2. The molecule has 1 fully saturated rings. The molecule has 1 N–H and O–H groups in total. The van der Waals surface area contributed by atoms with Crippen LogP contribution in [0, 0.1) is 11.7 Å². The Morgan fingerprint density at radius 1 is 1.26 bits per heavy atom. The number of ether oxygens (including phenoxy) is 1. The van der Waals surface area contributed by atoms with E-state index in [1.54, 1.807) is 19.2 Å². The molecular formula is C22H27FN2O2. The Labute approximate surface area is 160 Å². The standard InChI is InChI=1S/C22H27FN2O2/c1-16(11-12-17-7-3-5-9-19(17)23)22(26)25-14-13-24-15-20(25)18-8-4-6-10-21(18)27-2/h3-10,16,20,24H,11-15H2,1-2H3. The molecule has 0 radical (unpaired) electrons. The molecule has 0 bridgehead atoms. The van der Waals surface area contributed by atoms with Crippen molar-refractivity contribution in [2.45, 2.75) is 25.8 Å². The fourth-order valence-corrected chi connectivity index (χ4v) is 3.67. The van der Waals surface area contributed by atoms with E-state index < -0.39 is 0 Å². The van der Waals surface area contributed by atoms with Gasteiger partial charge in [-0.05, 0) is 30.5 Å². The molecule has 2 aromatic carbocycles. The Bertz CT molecular complexity index is 780. The molecule has 144 valence electrons. The highest BCUT2D eigenvalue weighted by Gasteiger charge is 2.32. The molecule has 0 aliphatic carbocycles. The normalized spacial score (nSPS) is 18.2. The first kappa shape index (κ1) is 19.4. The smallest absolute Gasteiger partial charge is 0.226 e. The van der Waals surface area contributed by atoms with Gasteiger partial charge in [0, 0.05) is 31.1 Å². The second-order valence-corrected chi connectivity index (χ2v) is 7.02. The van der Waals surface area contributed by atoms with E-state index in [0.717, 1.165) is 17.9 Å². The summed E-state index contributed by atoms with van der Waals surface area (Å²) in [6, 6.07) is 14.6. The zero-order valence-corrected chi connectivity index (χ0v) is 16.0. The molecular weight excluding hydrogens is 343 g/mol. The maximum Gasteiger partial charge on any atom is 0.226 e. The predicted molar refractivity (Wildman–Crippen MR) is 104 cm³/mol. The van der Waals surface area contributed by atoms with Crippen molar-refractivity contribution in [3.63, 3.8) is 0 Å². The number of aryl methyl sites for hydroxylation is 1. The molecule has 2 aromatic rings. The third-order valence-electron chi connectivity index (χ3n) is 5.25. The largest absolute Gasteiger partial charge is 0.496 e. The van der Waals surface area contributed by atoms with Crippen LogP contribution < -0.4 is 10.1 Å². The summed E-state index contributed by atoms with van der Waals surface area (Å²) in [5.74, 6) is 0.540. The van der Waals surface area contributed by atoms with Crippen molar-refractivity contribution in [3.8, 4) is 5.75 Å². The van der Waals surface area contributed by atoms with Crippen molar-refractivity contribution in [2.24, 2.45) is 5.92 Å². The molecule has 0 aromatic heterocycles. The Kier molecular flexibility index (Phi) is 6.45. The molecule has 1 amide bonds. The predicted octanol–water partition coefficient (Wildman–Crippen LogP) is 3.58. The number of hydrogen-bond acceptors (Lipinski definition) is 3. The van der Waals surface area contributed by atoms with Gasteiger partial charge in [0.05, 0.1) is 13.2 Å². The summed E-state index contributed by atoms with van der Waals surface area (Å²) in [5.41, 5.74) is 1.68. The molecule has 3 rings (SSSR count). The van der Waals surface area contributed by atoms with Gasteiger partial charge in [0.25, 0.3) is 0 Å². The lowest BCUT2D eigenvalue weighted by Gasteiger charge is -2.38. The Balaban J connectivity index is 1.72. The molecule has 4 nitrogen and oxygen atoms in total. The SMILES string of the molecule is COc1ccccc1C1CNCCN1C(=O)C(C)CCc1ccccc1F. The van der Waals surface area contributed by atoms with E-state index in [1.807, 2.05) is 42.2 Å². The number of para-hydroxylation sites is 1. The monoisotopic (exact) mass is 370 g/mol. The van der Waals surface area contributed by atoms with Gasteiger partial charge in [-0.3, -0.25) is 4.79 Å². The fraction of sp³-hybridized carbons (Fsp3) is 0.409. The van der Waals surface area contributed by atoms with Crippen LogP contribution in [0.3, 0.4) is 0 Å². The number of nitrogens with one attached hydrogen (secondary N) is 1. The molecule has 2 atom stereocenters. The van der Waals surface area contributed by atoms with Crippen molar-refractivity contribution in [3.05, 3.63) is 65.5 Å². The number of nitrogens with zero attached hydrogens (tertiary/aromatic N) is 1. The van der Waals surface area contributed by atoms with Gasteiger partial charge < -0.3 is 15.0 Å². The molecule has 1 heterocycles. The highest BCUT2D eigenvalue weighted by atomic mass is 19.1. The van der Waals surface area contributed by atoms with Gasteiger partial charge in [-0.25, -0.2) is 4.39 Å². The number of rotatable bonds is 6. The third kappa shape index (κ3) is 4.48. The van der Waals surface area contributed by atoms with Gasteiger partial charge in [0.2, 0.25) is 5.91 Å². The second-order valence-electron chi connectivity index (χ2n) is 7.02. The topological polar surface area (TPSA) is 41.6 Å². The van der Waals surface area contributed by atoms with Crippen molar-refractivity contribution in [2.75, 3.05) is 26.7 Å². The van der Waals surface area contributed by atoms with E-state index in [9.17, 15) is 9.18 Å². The van der Waals surface area contributed by atoms with Crippen LogP contribution in [-0.2, 0) is 11.2 Å². The van der Waals surface area contributed by atoms with Gasteiger partial charge in [-0.15, -0.1) is 0 Å². The number of amides is 1. The molecule has 1 aliphatic heterocycles. The van der Waals surface area contributed by atoms with E-state index in [-0.39, 0.29) is 23.7 Å². The number of benzene rings is 2. The van der Waals surface area contributed by atoms with Crippen molar-refractivity contribution in [1.82, 2.24) is 10.2 Å². The summed E-state index contributed by atoms with van der Waals surface area (Å²) in [6.07, 6.45) is 1.19. The van der Waals surface area contributed by atoms with Crippen LogP contribution in [-0.4, -0.2) is 37.6 Å². The van der Waals surface area contributed by atoms with Crippen LogP contribution in [0.4, 0.5) is 4.39 Å². The van der Waals surface area contributed by atoms with Gasteiger partial charge in [0.1, 0.15) is 11.6 Å². The molecule has 27 heavy (non-hydrogen) atoms. The molecule has 2 unspecified atom stereocenters. The van der Waals surface area contributed by atoms with E-state index in [4.69, 9.17) is 4.74 Å². The van der Waals surface area contributed by atoms with Crippen molar-refractivity contribution in [1.29, 1.82) is 0 Å². The van der Waals surface area contributed by atoms with Gasteiger partial charge in [-0.1, -0.05) is 43.3 Å². The first-order valence-electron chi connectivity index (χ1n) is 9.49. The number of carbonyl (C=O) groups is 1. The minimum absolute atomic E-state index is 0.0571. The summed E-state index contributed by atoms with van der Waals surface area (Å²) in [7, 11) is 1.65. The van der Waals surface area contributed by atoms with Crippen LogP contribution in [0.25, 0.3) is 0 Å². The highest BCUT2D eigenvalue weighted by molar-refractivity contribution is 5.79. The van der Waals surface area contributed by atoms with Crippen LogP contribution in [0.5, 0.6) is 5.75 Å². The van der Waals surface area contributed by atoms with Crippen LogP contribution in [0.15, 0.2) is 48.5 Å². The minimum Gasteiger partial charge on any atom is -0.496 e. The lowest BCUT2D eigenvalue weighted by atomic mass is 9.96. The minimum atomic E-state index is -0.203. The van der Waals surface area contributed by atoms with Crippen molar-refractivity contribution < 1.29 is 13.9 Å². The number of halogens is 1. The first-order valence-corrected chi connectivity index (χ1v) is 9.49. The van der Waals surface area contributed by atoms with Crippen LogP contribution >= 0.6 is 0 Å². The molecule has 1 aliphatic rings. The van der Waals surface area contributed by atoms with Gasteiger partial charge >= 0.3 is 0 Å². The lowest BCUT2D eigenvalue weighted by molar-refractivity contribution is -0.138. The fourth-order valence-electron chi connectivity index (χ4n) is 3.67. The highest BCUT2D eigenvalue weighted by Crippen LogP contribution is 2.31. The number of hydrogen-bond donors (Lipinski definition) is 1. The number of piperazine rings is 1. The summed E-state index contributed by atoms with van der Waals surface area (Å²) in [4.78, 5) is 15.1. The van der Waals surface area contributed by atoms with Gasteiger partial charge in [0.15, 0.2) is 0 Å². The average molecular weight is 370 g/mol. The Morgan fingerprint density at radius 3 is 2.78 bits per heavy atom. The summed E-state index contributed by atoms with van der Waals surface area (Å²) >= 11 is 0. The summed E-state index contributed by atoms with van der Waals surface area (Å²) in [5, 5.41) is 3.37. The Hall–Kier alpha value is -2.40. The van der Waals surface area contributed by atoms with E-state index >= 15 is 0 Å². The summed E-state index contributed by atoms with van der Waals surface area (Å²) < 4.78 is 19.3. The number of carbonyl (C=O) groups excluding carboxylic acids is 1. The van der Waals surface area contributed by atoms with Crippen LogP contribution in [0.1, 0.15) is 30.5 Å². The Morgan fingerprint density at radius 2 is 2.00 bits per heavy atom. The maximum atomic E-state index is 13.8. The van der Waals surface area contributed by atoms with Crippen LogP contribution in [0.2, 0.25) is 0 Å². The number of methoxy groups -OCH3 is 1. The molecule has 5 heteroatoms. The van der Waals surface area contributed by atoms with Gasteiger partial charge in [-0.2, -0.15) is 0 Å². The van der Waals surface area contributed by atoms with E-state index in [2.05, 4.69) is 5.32 Å². The molecule has 0 spiro atoms. The maximum absolute atomic E-state index is 13.8. The zero-order valence-electron chi connectivity index (χ0n) is 16.0. The molecule has 0 saturated carbocycles. The average Bonchev–Trinajstić information content (AvgIpc) is 2.72. The molecule has 1 saturated heterocycles.